The average molecular weight is 298 g/mol. The first-order valence-electron chi connectivity index (χ1n) is 8.75. The van der Waals surface area contributed by atoms with E-state index >= 15 is 0 Å². The van der Waals surface area contributed by atoms with Gasteiger partial charge in [-0.2, -0.15) is 0 Å². The standard InChI is InChI=1S/C17H30O4/c1-2-3-4-5-6-7-8-9-10-11-13-16(19)17-14(20-13)12-15(18)21-17/h13-14,16-17,19H,2-12H2,1H3/t13-,14+,16-,17-/m0/s1. The number of ether oxygens (including phenoxy) is 2. The van der Waals surface area contributed by atoms with Gasteiger partial charge in [0.2, 0.25) is 0 Å². The molecule has 1 N–H and O–H groups in total. The van der Waals surface area contributed by atoms with Crippen LogP contribution in [-0.2, 0) is 14.3 Å². The van der Waals surface area contributed by atoms with Crippen LogP contribution in [-0.4, -0.2) is 35.5 Å². The zero-order valence-corrected chi connectivity index (χ0v) is 13.3. The number of fused-ring (bicyclic) bond motifs is 1. The summed E-state index contributed by atoms with van der Waals surface area (Å²) < 4.78 is 10.8. The first kappa shape index (κ1) is 16.8. The van der Waals surface area contributed by atoms with Crippen LogP contribution in [0.4, 0.5) is 0 Å². The van der Waals surface area contributed by atoms with E-state index in [1.807, 2.05) is 0 Å². The normalized spacial score (nSPS) is 31.4. The minimum absolute atomic E-state index is 0.141. The summed E-state index contributed by atoms with van der Waals surface area (Å²) in [7, 11) is 0. The summed E-state index contributed by atoms with van der Waals surface area (Å²) in [6, 6.07) is 0. The molecule has 21 heavy (non-hydrogen) atoms. The van der Waals surface area contributed by atoms with E-state index < -0.39 is 12.2 Å². The summed E-state index contributed by atoms with van der Waals surface area (Å²) in [4.78, 5) is 11.1. The molecule has 122 valence electrons. The molecular formula is C17H30O4. The molecule has 0 radical (unpaired) electrons. The first-order chi connectivity index (χ1) is 10.2. The Morgan fingerprint density at radius 2 is 1.67 bits per heavy atom. The lowest BCUT2D eigenvalue weighted by Crippen LogP contribution is -2.31. The van der Waals surface area contributed by atoms with E-state index in [2.05, 4.69) is 6.92 Å². The molecule has 4 heteroatoms. The average Bonchev–Trinajstić information content (AvgIpc) is 2.96. The zero-order chi connectivity index (χ0) is 15.1. The van der Waals surface area contributed by atoms with Gasteiger partial charge in [0, 0.05) is 0 Å². The summed E-state index contributed by atoms with van der Waals surface area (Å²) in [6.45, 7) is 2.24. The fraction of sp³-hybridized carbons (Fsp3) is 0.941. The molecule has 2 rings (SSSR count). The second-order valence-electron chi connectivity index (χ2n) is 6.48. The van der Waals surface area contributed by atoms with Crippen LogP contribution in [0.5, 0.6) is 0 Å². The molecule has 0 amide bonds. The Hall–Kier alpha value is -0.610. The number of carbonyl (C=O) groups is 1. The van der Waals surface area contributed by atoms with Gasteiger partial charge in [-0.25, -0.2) is 0 Å². The minimum atomic E-state index is -0.629. The maximum Gasteiger partial charge on any atom is 0.309 e. The van der Waals surface area contributed by atoms with Crippen molar-refractivity contribution in [2.45, 2.75) is 102 Å². The number of carbonyl (C=O) groups excluding carboxylic acids is 1. The largest absolute Gasteiger partial charge is 0.457 e. The number of esters is 1. The van der Waals surface area contributed by atoms with Crippen LogP contribution in [0.2, 0.25) is 0 Å². The van der Waals surface area contributed by atoms with Crippen molar-refractivity contribution in [3.05, 3.63) is 0 Å². The molecular weight excluding hydrogens is 268 g/mol. The Balaban J connectivity index is 1.48. The number of rotatable bonds is 10. The number of hydrogen-bond donors (Lipinski definition) is 1. The number of hydrogen-bond acceptors (Lipinski definition) is 4. The van der Waals surface area contributed by atoms with Crippen molar-refractivity contribution in [2.24, 2.45) is 0 Å². The van der Waals surface area contributed by atoms with E-state index in [-0.39, 0.29) is 18.2 Å². The summed E-state index contributed by atoms with van der Waals surface area (Å²) in [6.07, 6.45) is 11.4. The molecule has 2 saturated heterocycles. The van der Waals surface area contributed by atoms with Crippen molar-refractivity contribution in [1.29, 1.82) is 0 Å². The van der Waals surface area contributed by atoms with Gasteiger partial charge in [0.05, 0.1) is 12.5 Å². The lowest BCUT2D eigenvalue weighted by atomic mass is 10.0. The van der Waals surface area contributed by atoms with Crippen molar-refractivity contribution in [2.75, 3.05) is 0 Å². The van der Waals surface area contributed by atoms with Gasteiger partial charge in [0.1, 0.15) is 12.2 Å². The summed E-state index contributed by atoms with van der Waals surface area (Å²) in [5, 5.41) is 10.1. The lowest BCUT2D eigenvalue weighted by Gasteiger charge is -2.16. The predicted octanol–water partition coefficient (Wildman–Crippen LogP) is 3.35. The SMILES string of the molecule is CCCCCCCCCCC[C@@H]1O[C@@H]2CC(=O)O[C@@H]2[C@H]1O. The van der Waals surface area contributed by atoms with Gasteiger partial charge < -0.3 is 14.6 Å². The minimum Gasteiger partial charge on any atom is -0.457 e. The highest BCUT2D eigenvalue weighted by Gasteiger charge is 2.50. The van der Waals surface area contributed by atoms with Crippen LogP contribution in [0.15, 0.2) is 0 Å². The summed E-state index contributed by atoms with van der Waals surface area (Å²) in [5.74, 6) is -0.245. The fourth-order valence-electron chi connectivity index (χ4n) is 3.38. The Morgan fingerprint density at radius 1 is 1.05 bits per heavy atom. The topological polar surface area (TPSA) is 55.8 Å². The third kappa shape index (κ3) is 4.96. The van der Waals surface area contributed by atoms with Crippen LogP contribution < -0.4 is 0 Å². The van der Waals surface area contributed by atoms with E-state index in [0.717, 1.165) is 12.8 Å². The Kier molecular flexibility index (Phi) is 6.97. The Morgan fingerprint density at radius 3 is 2.29 bits per heavy atom. The molecule has 0 unspecified atom stereocenters. The maximum absolute atomic E-state index is 11.1. The maximum atomic E-state index is 11.1. The second kappa shape index (κ2) is 8.74. The highest BCUT2D eigenvalue weighted by atomic mass is 16.6. The highest BCUT2D eigenvalue weighted by Crippen LogP contribution is 2.33. The number of aliphatic hydroxyl groups excluding tert-OH is 1. The summed E-state index contributed by atoms with van der Waals surface area (Å²) in [5.41, 5.74) is 0. The van der Waals surface area contributed by atoms with E-state index in [4.69, 9.17) is 9.47 Å². The van der Waals surface area contributed by atoms with Crippen LogP contribution in [0.1, 0.15) is 77.6 Å². The molecule has 0 aromatic carbocycles. The van der Waals surface area contributed by atoms with Crippen LogP contribution >= 0.6 is 0 Å². The smallest absolute Gasteiger partial charge is 0.309 e. The van der Waals surface area contributed by atoms with E-state index in [1.54, 1.807) is 0 Å². The molecule has 4 atom stereocenters. The number of aliphatic hydroxyl groups is 1. The molecule has 2 aliphatic heterocycles. The Bertz CT molecular complexity index is 318. The molecule has 0 aliphatic carbocycles. The third-order valence-electron chi connectivity index (χ3n) is 4.66. The first-order valence-corrected chi connectivity index (χ1v) is 8.75. The van der Waals surface area contributed by atoms with Gasteiger partial charge in [-0.3, -0.25) is 4.79 Å². The van der Waals surface area contributed by atoms with Crippen LogP contribution in [0.3, 0.4) is 0 Å². The van der Waals surface area contributed by atoms with E-state index in [0.29, 0.717) is 6.42 Å². The van der Waals surface area contributed by atoms with E-state index in [9.17, 15) is 9.90 Å². The quantitative estimate of drug-likeness (QED) is 0.496. The van der Waals surface area contributed by atoms with Crippen molar-refractivity contribution in [3.63, 3.8) is 0 Å². The predicted molar refractivity (Wildman–Crippen MR) is 81.0 cm³/mol. The summed E-state index contributed by atoms with van der Waals surface area (Å²) >= 11 is 0. The lowest BCUT2D eigenvalue weighted by molar-refractivity contribution is -0.145. The van der Waals surface area contributed by atoms with Gasteiger partial charge >= 0.3 is 5.97 Å². The van der Waals surface area contributed by atoms with E-state index in [1.165, 1.54) is 51.4 Å². The molecule has 0 aromatic heterocycles. The third-order valence-corrected chi connectivity index (χ3v) is 4.66. The van der Waals surface area contributed by atoms with Crippen molar-refractivity contribution in [3.8, 4) is 0 Å². The van der Waals surface area contributed by atoms with Gasteiger partial charge in [-0.15, -0.1) is 0 Å². The monoisotopic (exact) mass is 298 g/mol. The molecule has 2 heterocycles. The van der Waals surface area contributed by atoms with Crippen LogP contribution in [0.25, 0.3) is 0 Å². The van der Waals surface area contributed by atoms with Gasteiger partial charge in [-0.1, -0.05) is 64.7 Å². The second-order valence-corrected chi connectivity index (χ2v) is 6.48. The van der Waals surface area contributed by atoms with Gasteiger partial charge in [0.25, 0.3) is 0 Å². The van der Waals surface area contributed by atoms with Gasteiger partial charge in [0.15, 0.2) is 6.10 Å². The molecule has 0 saturated carbocycles. The van der Waals surface area contributed by atoms with Gasteiger partial charge in [-0.05, 0) is 6.42 Å². The fourth-order valence-corrected chi connectivity index (χ4v) is 3.38. The number of unbranched alkanes of at least 4 members (excludes halogenated alkanes) is 8. The zero-order valence-electron chi connectivity index (χ0n) is 13.3. The Labute approximate surface area is 128 Å². The molecule has 2 aliphatic rings. The van der Waals surface area contributed by atoms with Crippen molar-refractivity contribution >= 4 is 5.97 Å². The molecule has 0 aromatic rings. The molecule has 0 spiro atoms. The van der Waals surface area contributed by atoms with Crippen LogP contribution in [0, 0.1) is 0 Å². The molecule has 4 nitrogen and oxygen atoms in total. The molecule has 0 bridgehead atoms. The van der Waals surface area contributed by atoms with Crippen molar-refractivity contribution in [1.82, 2.24) is 0 Å². The highest BCUT2D eigenvalue weighted by molar-refractivity contribution is 5.72. The van der Waals surface area contributed by atoms with Crippen molar-refractivity contribution < 1.29 is 19.4 Å². The molecule has 2 fully saturated rings.